The van der Waals surface area contributed by atoms with E-state index in [1.807, 2.05) is 6.07 Å². The first kappa shape index (κ1) is 13.6. The van der Waals surface area contributed by atoms with Gasteiger partial charge in [-0.25, -0.2) is 0 Å². The van der Waals surface area contributed by atoms with E-state index < -0.39 is 0 Å². The van der Waals surface area contributed by atoms with Gasteiger partial charge in [0.25, 0.3) is 0 Å². The van der Waals surface area contributed by atoms with Crippen molar-refractivity contribution in [1.29, 1.82) is 5.26 Å². The zero-order valence-corrected chi connectivity index (χ0v) is 11.9. The molecule has 0 saturated carbocycles. The maximum Gasteiger partial charge on any atom is 0.0992 e. The fourth-order valence-electron chi connectivity index (χ4n) is 1.18. The van der Waals surface area contributed by atoms with Crippen molar-refractivity contribution in [2.75, 3.05) is 11.9 Å². The van der Waals surface area contributed by atoms with Crippen LogP contribution in [0.25, 0.3) is 0 Å². The molecule has 1 aromatic rings. The molecule has 0 aliphatic carbocycles. The zero-order chi connectivity index (χ0) is 12.9. The van der Waals surface area contributed by atoms with E-state index >= 15 is 0 Å². The second kappa shape index (κ2) is 5.75. The molecule has 0 aromatic heterocycles. The third kappa shape index (κ3) is 4.93. The topological polar surface area (TPSA) is 35.8 Å². The SMILES string of the molecule is CC(C)(C)C#CCNc1ccc(C#N)cc1Br. The summed E-state index contributed by atoms with van der Waals surface area (Å²) in [5.74, 6) is 6.24. The van der Waals surface area contributed by atoms with E-state index in [-0.39, 0.29) is 5.41 Å². The van der Waals surface area contributed by atoms with Gasteiger partial charge in [-0.05, 0) is 54.9 Å². The first-order valence-electron chi connectivity index (χ1n) is 5.36. The lowest BCUT2D eigenvalue weighted by Gasteiger charge is -2.08. The van der Waals surface area contributed by atoms with Crippen LogP contribution in [0.3, 0.4) is 0 Å². The number of benzene rings is 1. The average molecular weight is 291 g/mol. The number of nitrogens with one attached hydrogen (secondary N) is 1. The summed E-state index contributed by atoms with van der Waals surface area (Å²) < 4.78 is 0.883. The lowest BCUT2D eigenvalue weighted by molar-refractivity contribution is 0.570. The van der Waals surface area contributed by atoms with E-state index in [0.29, 0.717) is 12.1 Å². The number of hydrogen-bond acceptors (Lipinski definition) is 2. The minimum Gasteiger partial charge on any atom is -0.373 e. The summed E-state index contributed by atoms with van der Waals surface area (Å²) in [7, 11) is 0. The molecular formula is C14H15BrN2. The maximum atomic E-state index is 8.74. The van der Waals surface area contributed by atoms with Crippen LogP contribution in [-0.2, 0) is 0 Å². The smallest absolute Gasteiger partial charge is 0.0992 e. The minimum atomic E-state index is 0.0313. The number of hydrogen-bond donors (Lipinski definition) is 1. The molecule has 1 aromatic carbocycles. The van der Waals surface area contributed by atoms with Gasteiger partial charge in [0, 0.05) is 15.6 Å². The summed E-state index contributed by atoms with van der Waals surface area (Å²) in [5.41, 5.74) is 1.62. The molecule has 0 atom stereocenters. The Hall–Kier alpha value is -1.45. The van der Waals surface area contributed by atoms with Crippen molar-refractivity contribution in [2.24, 2.45) is 5.41 Å². The summed E-state index contributed by atoms with van der Waals surface area (Å²) in [5, 5.41) is 11.9. The van der Waals surface area contributed by atoms with Crippen LogP contribution in [0.1, 0.15) is 26.3 Å². The Kier molecular flexibility index (Phi) is 4.61. The third-order valence-corrected chi connectivity index (χ3v) is 2.58. The highest BCUT2D eigenvalue weighted by Crippen LogP contribution is 2.23. The highest BCUT2D eigenvalue weighted by atomic mass is 79.9. The Balaban J connectivity index is 2.64. The van der Waals surface area contributed by atoms with Crippen molar-refractivity contribution < 1.29 is 0 Å². The van der Waals surface area contributed by atoms with E-state index in [1.165, 1.54) is 0 Å². The molecule has 0 aliphatic rings. The van der Waals surface area contributed by atoms with Crippen molar-refractivity contribution >= 4 is 21.6 Å². The Morgan fingerprint density at radius 1 is 1.35 bits per heavy atom. The van der Waals surface area contributed by atoms with Crippen LogP contribution in [0, 0.1) is 28.6 Å². The summed E-state index contributed by atoms with van der Waals surface area (Å²) in [6.07, 6.45) is 0. The summed E-state index contributed by atoms with van der Waals surface area (Å²) in [6, 6.07) is 7.55. The number of nitriles is 1. The van der Waals surface area contributed by atoms with Gasteiger partial charge in [-0.1, -0.05) is 11.8 Å². The van der Waals surface area contributed by atoms with Gasteiger partial charge >= 0.3 is 0 Å². The molecule has 3 heteroatoms. The maximum absolute atomic E-state index is 8.74. The number of nitrogens with zero attached hydrogens (tertiary/aromatic N) is 1. The molecule has 0 radical (unpaired) electrons. The van der Waals surface area contributed by atoms with E-state index in [4.69, 9.17) is 5.26 Å². The van der Waals surface area contributed by atoms with Gasteiger partial charge in [-0.2, -0.15) is 5.26 Å². The van der Waals surface area contributed by atoms with Gasteiger partial charge in [0.05, 0.1) is 18.2 Å². The van der Waals surface area contributed by atoms with Gasteiger partial charge in [0.2, 0.25) is 0 Å². The normalized spacial score (nSPS) is 10.1. The lowest BCUT2D eigenvalue weighted by atomic mass is 9.98. The summed E-state index contributed by atoms with van der Waals surface area (Å²) in [4.78, 5) is 0. The molecule has 0 spiro atoms. The lowest BCUT2D eigenvalue weighted by Crippen LogP contribution is -2.03. The van der Waals surface area contributed by atoms with Crippen LogP contribution in [0.4, 0.5) is 5.69 Å². The zero-order valence-electron chi connectivity index (χ0n) is 10.3. The number of halogens is 1. The second-order valence-electron chi connectivity index (χ2n) is 4.71. The van der Waals surface area contributed by atoms with E-state index in [9.17, 15) is 0 Å². The van der Waals surface area contributed by atoms with Gasteiger partial charge in [-0.3, -0.25) is 0 Å². The monoisotopic (exact) mass is 290 g/mol. The molecule has 0 fully saturated rings. The molecule has 1 rings (SSSR count). The minimum absolute atomic E-state index is 0.0313. The van der Waals surface area contributed by atoms with Crippen molar-refractivity contribution in [3.63, 3.8) is 0 Å². The Morgan fingerprint density at radius 3 is 2.59 bits per heavy atom. The molecular weight excluding hydrogens is 276 g/mol. The Morgan fingerprint density at radius 2 is 2.06 bits per heavy atom. The predicted octanol–water partition coefficient (Wildman–Crippen LogP) is 3.78. The highest BCUT2D eigenvalue weighted by Gasteiger charge is 2.03. The molecule has 0 saturated heterocycles. The van der Waals surface area contributed by atoms with Crippen LogP contribution >= 0.6 is 15.9 Å². The van der Waals surface area contributed by atoms with Crippen LogP contribution in [-0.4, -0.2) is 6.54 Å². The Labute approximate surface area is 111 Å². The summed E-state index contributed by atoms with van der Waals surface area (Å²) in [6.45, 7) is 6.84. The van der Waals surface area contributed by atoms with E-state index in [2.05, 4.69) is 59.9 Å². The molecule has 0 bridgehead atoms. The number of anilines is 1. The molecule has 0 amide bonds. The molecule has 0 aliphatic heterocycles. The quantitative estimate of drug-likeness (QED) is 0.842. The first-order valence-corrected chi connectivity index (χ1v) is 6.15. The van der Waals surface area contributed by atoms with Gasteiger partial charge in [0.15, 0.2) is 0 Å². The standard InChI is InChI=1S/C14H15BrN2/c1-14(2,3)7-4-8-17-13-6-5-11(10-16)9-12(13)15/h5-6,9,17H,8H2,1-3H3. The molecule has 2 nitrogen and oxygen atoms in total. The average Bonchev–Trinajstić information content (AvgIpc) is 2.24. The van der Waals surface area contributed by atoms with Gasteiger partial charge in [0.1, 0.15) is 0 Å². The molecule has 0 heterocycles. The molecule has 88 valence electrons. The first-order chi connectivity index (χ1) is 7.92. The van der Waals surface area contributed by atoms with Crippen LogP contribution in [0.15, 0.2) is 22.7 Å². The fourth-order valence-corrected chi connectivity index (χ4v) is 1.70. The Bertz CT molecular complexity index is 496. The number of rotatable bonds is 2. The highest BCUT2D eigenvalue weighted by molar-refractivity contribution is 9.10. The fraction of sp³-hybridized carbons (Fsp3) is 0.357. The van der Waals surface area contributed by atoms with E-state index in [0.717, 1.165) is 10.2 Å². The van der Waals surface area contributed by atoms with Crippen LogP contribution < -0.4 is 5.32 Å². The van der Waals surface area contributed by atoms with E-state index in [1.54, 1.807) is 12.1 Å². The van der Waals surface area contributed by atoms with Crippen LogP contribution in [0.5, 0.6) is 0 Å². The van der Waals surface area contributed by atoms with Gasteiger partial charge in [-0.15, -0.1) is 0 Å². The van der Waals surface area contributed by atoms with Crippen LogP contribution in [0.2, 0.25) is 0 Å². The molecule has 0 unspecified atom stereocenters. The van der Waals surface area contributed by atoms with Crippen molar-refractivity contribution in [2.45, 2.75) is 20.8 Å². The molecule has 1 N–H and O–H groups in total. The van der Waals surface area contributed by atoms with Gasteiger partial charge < -0.3 is 5.32 Å². The largest absolute Gasteiger partial charge is 0.373 e. The van der Waals surface area contributed by atoms with Crippen molar-refractivity contribution in [1.82, 2.24) is 0 Å². The van der Waals surface area contributed by atoms with Crippen molar-refractivity contribution in [3.8, 4) is 17.9 Å². The molecule has 17 heavy (non-hydrogen) atoms. The van der Waals surface area contributed by atoms with Crippen molar-refractivity contribution in [3.05, 3.63) is 28.2 Å². The predicted molar refractivity (Wildman–Crippen MR) is 74.6 cm³/mol. The summed E-state index contributed by atoms with van der Waals surface area (Å²) >= 11 is 3.42. The second-order valence-corrected chi connectivity index (χ2v) is 5.57. The third-order valence-electron chi connectivity index (χ3n) is 1.93.